The first-order chi connectivity index (χ1) is 15.8. The monoisotopic (exact) mass is 434 g/mol. The van der Waals surface area contributed by atoms with Crippen molar-refractivity contribution in [2.45, 2.75) is 6.61 Å². The second-order valence-electron chi connectivity index (χ2n) is 7.46. The van der Waals surface area contributed by atoms with E-state index in [1.54, 1.807) is 0 Å². The topological polar surface area (TPSA) is 37.4 Å². The van der Waals surface area contributed by atoms with E-state index in [2.05, 4.69) is 34.7 Å². The number of aromatic nitrogens is 1. The zero-order valence-corrected chi connectivity index (χ0v) is 18.0. The molecule has 154 valence electrons. The minimum atomic E-state index is 0.341. The van der Waals surface area contributed by atoms with Gasteiger partial charge in [-0.15, -0.1) is 0 Å². The summed E-state index contributed by atoms with van der Waals surface area (Å²) in [6.07, 6.45) is 1.98. The summed E-state index contributed by atoms with van der Waals surface area (Å²) in [5.41, 5.74) is 6.31. The Morgan fingerprint density at radius 2 is 1.53 bits per heavy atom. The van der Waals surface area contributed by atoms with Crippen molar-refractivity contribution >= 4 is 17.1 Å². The molecule has 32 heavy (non-hydrogen) atoms. The Labute approximate surface area is 191 Å². The normalized spacial score (nSPS) is 10.8. The number of nitrogens with zero attached hydrogens (tertiary/aromatic N) is 2. The molecular formula is C28H19ClN2O. The first-order valence-corrected chi connectivity index (χ1v) is 10.7. The number of hydrogen-bond donors (Lipinski definition) is 0. The van der Waals surface area contributed by atoms with Crippen LogP contribution in [0.2, 0.25) is 5.02 Å². The SMILES string of the molecule is N#Cc1cccn2c(-c3ccccc3)c(-c3ccccc3)c(OCc3cccc(Cl)c3)c12. The van der Waals surface area contributed by atoms with Gasteiger partial charge in [0, 0.05) is 11.2 Å². The van der Waals surface area contributed by atoms with Crippen molar-refractivity contribution in [3.05, 3.63) is 119 Å². The van der Waals surface area contributed by atoms with Crippen LogP contribution in [0, 0.1) is 11.3 Å². The van der Waals surface area contributed by atoms with Crippen LogP contribution in [0.15, 0.2) is 103 Å². The van der Waals surface area contributed by atoms with Crippen LogP contribution in [-0.4, -0.2) is 4.40 Å². The Bertz CT molecular complexity index is 1430. The molecule has 2 aromatic heterocycles. The summed E-state index contributed by atoms with van der Waals surface area (Å²) in [6, 6.07) is 34.0. The summed E-state index contributed by atoms with van der Waals surface area (Å²) in [5.74, 6) is 0.687. The van der Waals surface area contributed by atoms with Crippen molar-refractivity contribution in [1.82, 2.24) is 4.40 Å². The molecule has 0 aliphatic heterocycles. The standard InChI is InChI=1S/C28H19ClN2O/c29-24-15-7-9-20(17-24)19-32-28-25(21-10-3-1-4-11-21)26(22-12-5-2-6-13-22)31-16-8-14-23(18-30)27(28)31/h1-17H,19H2. The average Bonchev–Trinajstić information content (AvgIpc) is 3.18. The summed E-state index contributed by atoms with van der Waals surface area (Å²) >= 11 is 6.18. The molecule has 0 aliphatic rings. The smallest absolute Gasteiger partial charge is 0.155 e. The van der Waals surface area contributed by atoms with E-state index >= 15 is 0 Å². The molecule has 0 N–H and O–H groups in total. The molecule has 5 rings (SSSR count). The lowest BCUT2D eigenvalue weighted by atomic mass is 10.0. The highest BCUT2D eigenvalue weighted by atomic mass is 35.5. The van der Waals surface area contributed by atoms with Crippen LogP contribution in [0.1, 0.15) is 11.1 Å². The predicted molar refractivity (Wildman–Crippen MR) is 129 cm³/mol. The number of ether oxygens (including phenoxy) is 1. The third-order valence-electron chi connectivity index (χ3n) is 5.42. The Balaban J connectivity index is 1.80. The van der Waals surface area contributed by atoms with Crippen molar-refractivity contribution in [3.63, 3.8) is 0 Å². The third-order valence-corrected chi connectivity index (χ3v) is 5.65. The van der Waals surface area contributed by atoms with Crippen LogP contribution in [0.4, 0.5) is 0 Å². The van der Waals surface area contributed by atoms with Gasteiger partial charge in [-0.05, 0) is 41.0 Å². The first kappa shape index (κ1) is 19.9. The summed E-state index contributed by atoms with van der Waals surface area (Å²) in [4.78, 5) is 0. The number of pyridine rings is 1. The molecule has 0 saturated heterocycles. The molecule has 0 bridgehead atoms. The predicted octanol–water partition coefficient (Wildman–Crippen LogP) is 7.38. The van der Waals surface area contributed by atoms with Crippen LogP contribution in [-0.2, 0) is 6.61 Å². The van der Waals surface area contributed by atoms with Crippen molar-refractivity contribution < 1.29 is 4.74 Å². The van der Waals surface area contributed by atoms with Crippen LogP contribution >= 0.6 is 11.6 Å². The third kappa shape index (κ3) is 3.62. The van der Waals surface area contributed by atoms with Gasteiger partial charge in [-0.25, -0.2) is 0 Å². The van der Waals surface area contributed by atoms with Crippen LogP contribution in [0.5, 0.6) is 5.75 Å². The number of rotatable bonds is 5. The number of benzene rings is 3. The minimum absolute atomic E-state index is 0.341. The Kier molecular flexibility index (Phi) is 5.37. The number of halogens is 1. The molecule has 0 saturated carbocycles. The summed E-state index contributed by atoms with van der Waals surface area (Å²) in [7, 11) is 0. The van der Waals surface area contributed by atoms with E-state index in [0.717, 1.165) is 33.5 Å². The van der Waals surface area contributed by atoms with Gasteiger partial charge in [-0.2, -0.15) is 5.26 Å². The van der Waals surface area contributed by atoms with E-state index in [-0.39, 0.29) is 0 Å². The summed E-state index contributed by atoms with van der Waals surface area (Å²) < 4.78 is 8.52. The second kappa shape index (κ2) is 8.63. The molecule has 4 heteroatoms. The second-order valence-corrected chi connectivity index (χ2v) is 7.89. The molecule has 0 radical (unpaired) electrons. The number of fused-ring (bicyclic) bond motifs is 1. The van der Waals surface area contributed by atoms with Crippen LogP contribution in [0.25, 0.3) is 27.9 Å². The molecule has 2 heterocycles. The van der Waals surface area contributed by atoms with Crippen molar-refractivity contribution in [2.75, 3.05) is 0 Å². The molecule has 0 unspecified atom stereocenters. The van der Waals surface area contributed by atoms with E-state index in [0.29, 0.717) is 22.9 Å². The van der Waals surface area contributed by atoms with Gasteiger partial charge in [0.1, 0.15) is 18.2 Å². The van der Waals surface area contributed by atoms with Gasteiger partial charge >= 0.3 is 0 Å². The van der Waals surface area contributed by atoms with Gasteiger partial charge < -0.3 is 9.14 Å². The zero-order valence-electron chi connectivity index (χ0n) is 17.2. The summed E-state index contributed by atoms with van der Waals surface area (Å²) in [5, 5.41) is 10.6. The maximum Gasteiger partial charge on any atom is 0.155 e. The highest BCUT2D eigenvalue weighted by Gasteiger charge is 2.24. The lowest BCUT2D eigenvalue weighted by molar-refractivity contribution is 0.311. The van der Waals surface area contributed by atoms with Crippen molar-refractivity contribution in [3.8, 4) is 34.2 Å². The Morgan fingerprint density at radius 3 is 2.22 bits per heavy atom. The molecule has 0 amide bonds. The fourth-order valence-corrected chi connectivity index (χ4v) is 4.25. The van der Waals surface area contributed by atoms with E-state index < -0.39 is 0 Å². The lowest BCUT2D eigenvalue weighted by Crippen LogP contribution is -1.97. The van der Waals surface area contributed by atoms with E-state index in [1.807, 2.05) is 79.0 Å². The fourth-order valence-electron chi connectivity index (χ4n) is 4.04. The number of hydrogen-bond acceptors (Lipinski definition) is 2. The molecule has 0 spiro atoms. The van der Waals surface area contributed by atoms with Crippen molar-refractivity contribution in [1.29, 1.82) is 5.26 Å². The molecule has 0 aliphatic carbocycles. The van der Waals surface area contributed by atoms with Gasteiger partial charge in [0.15, 0.2) is 5.75 Å². The van der Waals surface area contributed by atoms with Gasteiger partial charge in [0.25, 0.3) is 0 Å². The fraction of sp³-hybridized carbons (Fsp3) is 0.0357. The maximum absolute atomic E-state index is 9.89. The molecule has 3 aromatic carbocycles. The number of nitriles is 1. The molecule has 0 fully saturated rings. The van der Waals surface area contributed by atoms with Crippen molar-refractivity contribution in [2.24, 2.45) is 0 Å². The largest absolute Gasteiger partial charge is 0.486 e. The quantitative estimate of drug-likeness (QED) is 0.289. The molecule has 0 atom stereocenters. The minimum Gasteiger partial charge on any atom is -0.486 e. The van der Waals surface area contributed by atoms with E-state index in [4.69, 9.17) is 16.3 Å². The van der Waals surface area contributed by atoms with Crippen LogP contribution in [0.3, 0.4) is 0 Å². The van der Waals surface area contributed by atoms with Gasteiger partial charge in [-0.1, -0.05) is 84.4 Å². The average molecular weight is 435 g/mol. The van der Waals surface area contributed by atoms with Gasteiger partial charge in [0.2, 0.25) is 0 Å². The Hall–Kier alpha value is -4.00. The van der Waals surface area contributed by atoms with Gasteiger partial charge in [0.05, 0.1) is 16.8 Å². The highest BCUT2D eigenvalue weighted by molar-refractivity contribution is 6.30. The molecule has 5 aromatic rings. The molecule has 3 nitrogen and oxygen atoms in total. The molecular weight excluding hydrogens is 416 g/mol. The van der Waals surface area contributed by atoms with E-state index in [1.165, 1.54) is 0 Å². The highest BCUT2D eigenvalue weighted by Crippen LogP contribution is 2.45. The van der Waals surface area contributed by atoms with E-state index in [9.17, 15) is 5.26 Å². The summed E-state index contributed by atoms with van der Waals surface area (Å²) in [6.45, 7) is 0.341. The lowest BCUT2D eigenvalue weighted by Gasteiger charge is -2.11. The van der Waals surface area contributed by atoms with Gasteiger partial charge in [-0.3, -0.25) is 0 Å². The maximum atomic E-state index is 9.89. The Morgan fingerprint density at radius 1 is 0.812 bits per heavy atom. The van der Waals surface area contributed by atoms with Crippen LogP contribution < -0.4 is 4.74 Å². The first-order valence-electron chi connectivity index (χ1n) is 10.3. The zero-order chi connectivity index (χ0) is 21.9.